The van der Waals surface area contributed by atoms with Gasteiger partial charge in [-0.25, -0.2) is 14.3 Å². The summed E-state index contributed by atoms with van der Waals surface area (Å²) in [5, 5.41) is 13.0. The van der Waals surface area contributed by atoms with Crippen LogP contribution in [0.1, 0.15) is 40.2 Å². The van der Waals surface area contributed by atoms with Gasteiger partial charge in [0, 0.05) is 30.6 Å². The van der Waals surface area contributed by atoms with Gasteiger partial charge in [0.1, 0.15) is 11.6 Å². The Morgan fingerprint density at radius 2 is 1.87 bits per heavy atom. The van der Waals surface area contributed by atoms with Crippen LogP contribution in [-0.4, -0.2) is 45.7 Å². The van der Waals surface area contributed by atoms with E-state index < -0.39 is 11.6 Å². The molecule has 0 N–H and O–H groups in total. The summed E-state index contributed by atoms with van der Waals surface area (Å²) >= 11 is 0. The van der Waals surface area contributed by atoms with Gasteiger partial charge in [0.05, 0.1) is 41.7 Å². The molecule has 0 amide bonds. The van der Waals surface area contributed by atoms with Gasteiger partial charge in [-0.2, -0.15) is 15.3 Å². The van der Waals surface area contributed by atoms with Gasteiger partial charge in [-0.15, -0.1) is 0 Å². The maximum absolute atomic E-state index is 12.6. The molecule has 0 aliphatic carbocycles. The van der Waals surface area contributed by atoms with Gasteiger partial charge in [0.2, 0.25) is 0 Å². The molecule has 0 aliphatic heterocycles. The minimum atomic E-state index is -0.552. The first-order chi connectivity index (χ1) is 14.2. The van der Waals surface area contributed by atoms with Gasteiger partial charge in [-0.05, 0) is 33.3 Å². The molecule has 0 fully saturated rings. The fourth-order valence-corrected chi connectivity index (χ4v) is 3.29. The van der Waals surface area contributed by atoms with Gasteiger partial charge in [0.25, 0.3) is 0 Å². The Morgan fingerprint density at radius 1 is 1.10 bits per heavy atom. The standard InChI is InChI=1S/C21H25N7O2/c1-6-17(20(29)30-21(2,3)4)27-12-15(10-24-27)19-18-7-8-22-28(18)13-16(25-19)14-9-23-26(5)11-14/h7-13,17H,6H2,1-5H3. The van der Waals surface area contributed by atoms with Crippen molar-refractivity contribution < 1.29 is 9.53 Å². The largest absolute Gasteiger partial charge is 0.458 e. The molecular formula is C21H25N7O2. The first-order valence-electron chi connectivity index (χ1n) is 9.86. The summed E-state index contributed by atoms with van der Waals surface area (Å²) in [7, 11) is 1.86. The van der Waals surface area contributed by atoms with E-state index in [1.54, 1.807) is 32.5 Å². The SMILES string of the molecule is CCC(C(=O)OC(C)(C)C)n1cc(-c2nc(-c3cnn(C)c3)cn3nccc23)cn1. The molecule has 0 radical (unpaired) electrons. The van der Waals surface area contributed by atoms with Gasteiger partial charge >= 0.3 is 5.97 Å². The molecule has 9 heteroatoms. The summed E-state index contributed by atoms with van der Waals surface area (Å²) in [6.45, 7) is 7.51. The monoisotopic (exact) mass is 407 g/mol. The third kappa shape index (κ3) is 3.83. The lowest BCUT2D eigenvalue weighted by Crippen LogP contribution is -2.30. The first-order valence-corrected chi connectivity index (χ1v) is 9.86. The van der Waals surface area contributed by atoms with Crippen LogP contribution >= 0.6 is 0 Å². The Kier molecular flexibility index (Phi) is 4.89. The zero-order valence-corrected chi connectivity index (χ0v) is 17.8. The Morgan fingerprint density at radius 3 is 2.53 bits per heavy atom. The van der Waals surface area contributed by atoms with Gasteiger partial charge in [-0.1, -0.05) is 6.92 Å². The second-order valence-electron chi connectivity index (χ2n) is 8.20. The van der Waals surface area contributed by atoms with E-state index in [0.717, 1.165) is 28.0 Å². The summed E-state index contributed by atoms with van der Waals surface area (Å²) < 4.78 is 10.7. The van der Waals surface area contributed by atoms with Crippen molar-refractivity contribution in [2.45, 2.75) is 45.8 Å². The topological polar surface area (TPSA) is 92.1 Å². The third-order valence-corrected chi connectivity index (χ3v) is 4.65. The normalized spacial score (nSPS) is 13.0. The maximum Gasteiger partial charge on any atom is 0.331 e. The van der Waals surface area contributed by atoms with Crippen LogP contribution in [0.25, 0.3) is 28.0 Å². The van der Waals surface area contributed by atoms with Crippen molar-refractivity contribution in [3.8, 4) is 22.5 Å². The molecule has 1 atom stereocenters. The van der Waals surface area contributed by atoms with Crippen LogP contribution in [0.5, 0.6) is 0 Å². The molecule has 0 saturated carbocycles. The number of nitrogens with zero attached hydrogens (tertiary/aromatic N) is 7. The molecule has 4 aromatic heterocycles. The van der Waals surface area contributed by atoms with Crippen LogP contribution in [0, 0.1) is 0 Å². The predicted octanol–water partition coefficient (Wildman–Crippen LogP) is 3.29. The molecule has 0 aliphatic rings. The average Bonchev–Trinajstić information content (AvgIpc) is 3.40. The van der Waals surface area contributed by atoms with Crippen molar-refractivity contribution in [3.05, 3.63) is 43.2 Å². The van der Waals surface area contributed by atoms with Crippen LogP contribution in [0.4, 0.5) is 0 Å². The molecule has 9 nitrogen and oxygen atoms in total. The van der Waals surface area contributed by atoms with Gasteiger partial charge < -0.3 is 4.74 Å². The Hall–Kier alpha value is -3.49. The number of carbonyl (C=O) groups excluding carboxylic acids is 1. The average molecular weight is 407 g/mol. The molecule has 0 spiro atoms. The molecule has 4 rings (SSSR count). The molecule has 1 unspecified atom stereocenters. The molecule has 4 heterocycles. The third-order valence-electron chi connectivity index (χ3n) is 4.65. The number of aryl methyl sites for hydroxylation is 1. The molecular weight excluding hydrogens is 382 g/mol. The molecule has 0 bridgehead atoms. The summed E-state index contributed by atoms with van der Waals surface area (Å²) in [6.07, 6.45) is 11.4. The zero-order valence-electron chi connectivity index (χ0n) is 17.8. The van der Waals surface area contributed by atoms with Crippen LogP contribution in [0.15, 0.2) is 43.2 Å². The summed E-state index contributed by atoms with van der Waals surface area (Å²) in [5.74, 6) is -0.300. The lowest BCUT2D eigenvalue weighted by molar-refractivity contribution is -0.159. The van der Waals surface area contributed by atoms with Crippen molar-refractivity contribution >= 4 is 11.5 Å². The van der Waals surface area contributed by atoms with E-state index in [-0.39, 0.29) is 5.97 Å². The minimum Gasteiger partial charge on any atom is -0.458 e. The van der Waals surface area contributed by atoms with Gasteiger partial charge in [-0.3, -0.25) is 9.36 Å². The fourth-order valence-electron chi connectivity index (χ4n) is 3.29. The van der Waals surface area contributed by atoms with Crippen molar-refractivity contribution in [2.75, 3.05) is 0 Å². The Balaban J connectivity index is 1.74. The minimum absolute atomic E-state index is 0.300. The Bertz CT molecular complexity index is 1200. The molecule has 30 heavy (non-hydrogen) atoms. The van der Waals surface area contributed by atoms with Crippen molar-refractivity contribution in [2.24, 2.45) is 7.05 Å². The zero-order chi connectivity index (χ0) is 21.5. The highest BCUT2D eigenvalue weighted by Crippen LogP contribution is 2.28. The molecule has 0 saturated heterocycles. The highest BCUT2D eigenvalue weighted by Gasteiger charge is 2.26. The van der Waals surface area contributed by atoms with E-state index in [9.17, 15) is 4.79 Å². The van der Waals surface area contributed by atoms with Crippen molar-refractivity contribution in [1.82, 2.24) is 34.2 Å². The quantitative estimate of drug-likeness (QED) is 0.472. The van der Waals surface area contributed by atoms with E-state index in [1.165, 1.54) is 0 Å². The van der Waals surface area contributed by atoms with E-state index in [1.807, 2.05) is 59.4 Å². The predicted molar refractivity (Wildman–Crippen MR) is 112 cm³/mol. The van der Waals surface area contributed by atoms with Crippen molar-refractivity contribution in [1.29, 1.82) is 0 Å². The van der Waals surface area contributed by atoms with Gasteiger partial charge in [0.15, 0.2) is 0 Å². The highest BCUT2D eigenvalue weighted by molar-refractivity contribution is 5.79. The van der Waals surface area contributed by atoms with E-state index in [4.69, 9.17) is 9.72 Å². The fraction of sp³-hybridized carbons (Fsp3) is 0.381. The van der Waals surface area contributed by atoms with Crippen LogP contribution < -0.4 is 0 Å². The van der Waals surface area contributed by atoms with E-state index >= 15 is 0 Å². The van der Waals surface area contributed by atoms with Crippen molar-refractivity contribution in [3.63, 3.8) is 0 Å². The summed E-state index contributed by atoms with van der Waals surface area (Å²) in [5.41, 5.74) is 3.48. The van der Waals surface area contributed by atoms with Crippen LogP contribution in [0.3, 0.4) is 0 Å². The van der Waals surface area contributed by atoms with Crippen LogP contribution in [0.2, 0.25) is 0 Å². The number of carbonyl (C=O) groups is 1. The number of ether oxygens (including phenoxy) is 1. The number of hydrogen-bond acceptors (Lipinski definition) is 6. The number of hydrogen-bond donors (Lipinski definition) is 0. The number of fused-ring (bicyclic) bond motifs is 1. The number of rotatable bonds is 5. The second-order valence-corrected chi connectivity index (χ2v) is 8.20. The lowest BCUT2D eigenvalue weighted by atomic mass is 10.1. The maximum atomic E-state index is 12.6. The second kappa shape index (κ2) is 7.40. The first kappa shape index (κ1) is 19.8. The van der Waals surface area contributed by atoms with Crippen LogP contribution in [-0.2, 0) is 16.6 Å². The number of esters is 1. The molecule has 0 aromatic carbocycles. The smallest absolute Gasteiger partial charge is 0.331 e. The lowest BCUT2D eigenvalue weighted by Gasteiger charge is -2.23. The Labute approximate surface area is 174 Å². The van der Waals surface area contributed by atoms with E-state index in [2.05, 4.69) is 15.3 Å². The molecule has 156 valence electrons. The number of aromatic nitrogens is 7. The van der Waals surface area contributed by atoms with E-state index in [0.29, 0.717) is 6.42 Å². The summed E-state index contributed by atoms with van der Waals surface area (Å²) in [6, 6.07) is 1.40. The highest BCUT2D eigenvalue weighted by atomic mass is 16.6. The molecule has 4 aromatic rings. The summed E-state index contributed by atoms with van der Waals surface area (Å²) in [4.78, 5) is 17.5.